The molecule has 150 valence electrons. The van der Waals surface area contributed by atoms with Gasteiger partial charge >= 0.3 is 11.7 Å². The van der Waals surface area contributed by atoms with E-state index >= 15 is 0 Å². The van der Waals surface area contributed by atoms with Crippen LogP contribution >= 0.6 is 0 Å². The molecular formula is C18H16F2O7S. The van der Waals surface area contributed by atoms with Crippen LogP contribution in [0.5, 0.6) is 11.5 Å². The Balaban J connectivity index is 2.09. The second-order valence-corrected chi connectivity index (χ2v) is 7.31. The SMILES string of the molecule is COc1ccc(OC)c(C(=O)COC(=O)c2ccc(S(=O)(=O)C(F)F)cc2)c1. The molecule has 2 aromatic carbocycles. The smallest absolute Gasteiger partial charge is 0.341 e. The Morgan fingerprint density at radius 1 is 1.00 bits per heavy atom. The molecule has 0 aliphatic heterocycles. The minimum atomic E-state index is -4.76. The lowest BCUT2D eigenvalue weighted by Gasteiger charge is -2.10. The largest absolute Gasteiger partial charge is 0.497 e. The molecule has 2 aromatic rings. The lowest BCUT2D eigenvalue weighted by Crippen LogP contribution is -2.15. The van der Waals surface area contributed by atoms with Crippen molar-refractivity contribution in [2.75, 3.05) is 20.8 Å². The van der Waals surface area contributed by atoms with E-state index in [0.29, 0.717) is 5.75 Å². The molecule has 28 heavy (non-hydrogen) atoms. The number of hydrogen-bond donors (Lipinski definition) is 0. The van der Waals surface area contributed by atoms with E-state index in [4.69, 9.17) is 14.2 Å². The highest BCUT2D eigenvalue weighted by atomic mass is 32.2. The average Bonchev–Trinajstić information content (AvgIpc) is 2.71. The normalized spacial score (nSPS) is 11.2. The number of rotatable bonds is 8. The lowest BCUT2D eigenvalue weighted by atomic mass is 10.1. The fourth-order valence-corrected chi connectivity index (χ4v) is 2.93. The number of esters is 1. The molecular weight excluding hydrogens is 398 g/mol. The molecule has 0 aromatic heterocycles. The lowest BCUT2D eigenvalue weighted by molar-refractivity contribution is 0.0474. The van der Waals surface area contributed by atoms with Crippen LogP contribution in [0, 0.1) is 0 Å². The van der Waals surface area contributed by atoms with Crippen molar-refractivity contribution in [1.82, 2.24) is 0 Å². The molecule has 0 radical (unpaired) electrons. The maximum atomic E-state index is 12.5. The topological polar surface area (TPSA) is 96.0 Å². The van der Waals surface area contributed by atoms with Crippen molar-refractivity contribution in [3.63, 3.8) is 0 Å². The fourth-order valence-electron chi connectivity index (χ4n) is 2.21. The Hall–Kier alpha value is -3.01. The van der Waals surface area contributed by atoms with Crippen LogP contribution in [-0.2, 0) is 14.6 Å². The zero-order valence-electron chi connectivity index (χ0n) is 14.8. The Labute approximate surface area is 159 Å². The third kappa shape index (κ3) is 4.63. The summed E-state index contributed by atoms with van der Waals surface area (Å²) in [6.07, 6.45) is 0. The standard InChI is InChI=1S/C18H16F2O7S/c1-25-12-5-8-16(26-2)14(9-12)15(21)10-27-17(22)11-3-6-13(7-4-11)28(23,24)18(19)20/h3-9,18H,10H2,1-2H3. The first-order chi connectivity index (χ1) is 13.2. The highest BCUT2D eigenvalue weighted by Crippen LogP contribution is 2.24. The van der Waals surface area contributed by atoms with Crippen LogP contribution in [0.1, 0.15) is 20.7 Å². The summed E-state index contributed by atoms with van der Waals surface area (Å²) in [5.41, 5.74) is 0.0478. The maximum absolute atomic E-state index is 12.5. The van der Waals surface area contributed by atoms with Crippen LogP contribution in [0.2, 0.25) is 0 Å². The molecule has 0 saturated heterocycles. The quantitative estimate of drug-likeness (QED) is 0.484. The first-order valence-corrected chi connectivity index (χ1v) is 9.29. The molecule has 0 aliphatic carbocycles. The van der Waals surface area contributed by atoms with E-state index in [1.54, 1.807) is 6.07 Å². The zero-order chi connectivity index (χ0) is 20.9. The summed E-state index contributed by atoms with van der Waals surface area (Å²) < 4.78 is 62.8. The molecule has 7 nitrogen and oxygen atoms in total. The number of Topliss-reactive ketones (excluding diaryl/α,β-unsaturated/α-hetero) is 1. The van der Waals surface area contributed by atoms with Gasteiger partial charge in [0, 0.05) is 0 Å². The van der Waals surface area contributed by atoms with E-state index < -0.39 is 38.8 Å². The van der Waals surface area contributed by atoms with Crippen LogP contribution in [0.3, 0.4) is 0 Å². The van der Waals surface area contributed by atoms with E-state index in [0.717, 1.165) is 24.3 Å². The second kappa shape index (κ2) is 8.79. The first kappa shape index (κ1) is 21.3. The molecule has 0 saturated carbocycles. The molecule has 0 fully saturated rings. The number of alkyl halides is 2. The zero-order valence-corrected chi connectivity index (χ0v) is 15.7. The predicted octanol–water partition coefficient (Wildman–Crippen LogP) is 2.74. The van der Waals surface area contributed by atoms with Gasteiger partial charge in [-0.1, -0.05) is 0 Å². The molecule has 0 aliphatic rings. The van der Waals surface area contributed by atoms with Gasteiger partial charge in [0.1, 0.15) is 11.5 Å². The number of carbonyl (C=O) groups excluding carboxylic acids is 2. The molecule has 0 spiro atoms. The molecule has 0 atom stereocenters. The minimum absolute atomic E-state index is 0.0985. The highest BCUT2D eigenvalue weighted by molar-refractivity contribution is 7.91. The van der Waals surface area contributed by atoms with E-state index in [2.05, 4.69) is 0 Å². The van der Waals surface area contributed by atoms with Crippen molar-refractivity contribution in [3.05, 3.63) is 53.6 Å². The van der Waals surface area contributed by atoms with Gasteiger partial charge in [-0.05, 0) is 42.5 Å². The number of ketones is 1. The summed E-state index contributed by atoms with van der Waals surface area (Å²) in [4.78, 5) is 23.7. The van der Waals surface area contributed by atoms with Crippen molar-refractivity contribution in [2.24, 2.45) is 0 Å². The molecule has 0 N–H and O–H groups in total. The van der Waals surface area contributed by atoms with Gasteiger partial charge in [0.15, 0.2) is 6.61 Å². The summed E-state index contributed by atoms with van der Waals surface area (Å²) in [5, 5.41) is 0. The van der Waals surface area contributed by atoms with Crippen molar-refractivity contribution in [3.8, 4) is 11.5 Å². The van der Waals surface area contributed by atoms with Crippen LogP contribution < -0.4 is 9.47 Å². The molecule has 0 bridgehead atoms. The second-order valence-electron chi connectivity index (χ2n) is 5.40. The number of sulfone groups is 1. The predicted molar refractivity (Wildman–Crippen MR) is 93.8 cm³/mol. The van der Waals surface area contributed by atoms with Crippen molar-refractivity contribution < 1.29 is 41.0 Å². The maximum Gasteiger partial charge on any atom is 0.341 e. The Morgan fingerprint density at radius 3 is 2.18 bits per heavy atom. The summed E-state index contributed by atoms with van der Waals surface area (Å²) in [6.45, 7) is -0.612. The van der Waals surface area contributed by atoms with Crippen LogP contribution in [0.25, 0.3) is 0 Å². The van der Waals surface area contributed by atoms with E-state index in [-0.39, 0.29) is 16.9 Å². The number of halogens is 2. The summed E-state index contributed by atoms with van der Waals surface area (Å²) >= 11 is 0. The van der Waals surface area contributed by atoms with Crippen LogP contribution in [0.15, 0.2) is 47.4 Å². The Bertz CT molecular complexity index is 970. The van der Waals surface area contributed by atoms with Gasteiger partial charge in [-0.3, -0.25) is 4.79 Å². The van der Waals surface area contributed by atoms with Gasteiger partial charge in [0.25, 0.3) is 0 Å². The van der Waals surface area contributed by atoms with Gasteiger partial charge in [0.05, 0.1) is 30.2 Å². The average molecular weight is 414 g/mol. The number of benzene rings is 2. The van der Waals surface area contributed by atoms with Crippen molar-refractivity contribution in [2.45, 2.75) is 10.7 Å². The third-order valence-corrected chi connectivity index (χ3v) is 5.09. The van der Waals surface area contributed by atoms with E-state index in [1.807, 2.05) is 0 Å². The van der Waals surface area contributed by atoms with Gasteiger partial charge in [-0.15, -0.1) is 0 Å². The summed E-state index contributed by atoms with van der Waals surface area (Å²) in [6, 6.07) is 8.32. The van der Waals surface area contributed by atoms with Crippen molar-refractivity contribution >= 4 is 21.6 Å². The third-order valence-electron chi connectivity index (χ3n) is 3.69. The fraction of sp³-hybridized carbons (Fsp3) is 0.222. The molecule has 0 heterocycles. The van der Waals surface area contributed by atoms with Gasteiger partial charge in [-0.2, -0.15) is 8.78 Å². The number of hydrogen-bond acceptors (Lipinski definition) is 7. The van der Waals surface area contributed by atoms with Crippen LogP contribution in [-0.4, -0.2) is 46.8 Å². The molecule has 10 heteroatoms. The number of ether oxygens (including phenoxy) is 3. The summed E-state index contributed by atoms with van der Waals surface area (Å²) in [7, 11) is -1.96. The minimum Gasteiger partial charge on any atom is -0.497 e. The summed E-state index contributed by atoms with van der Waals surface area (Å²) in [5.74, 6) is -4.37. The van der Waals surface area contributed by atoms with E-state index in [1.165, 1.54) is 26.4 Å². The van der Waals surface area contributed by atoms with Gasteiger partial charge < -0.3 is 14.2 Å². The van der Waals surface area contributed by atoms with Crippen LogP contribution in [0.4, 0.5) is 8.78 Å². The Morgan fingerprint density at radius 2 is 1.64 bits per heavy atom. The Kier molecular flexibility index (Phi) is 6.68. The number of carbonyl (C=O) groups is 2. The first-order valence-electron chi connectivity index (χ1n) is 7.75. The molecule has 0 unspecified atom stereocenters. The monoisotopic (exact) mass is 414 g/mol. The number of methoxy groups -OCH3 is 2. The molecule has 2 rings (SSSR count). The molecule has 0 amide bonds. The van der Waals surface area contributed by atoms with Gasteiger partial charge in [0.2, 0.25) is 15.6 Å². The van der Waals surface area contributed by atoms with Crippen molar-refractivity contribution in [1.29, 1.82) is 0 Å². The highest BCUT2D eigenvalue weighted by Gasteiger charge is 2.26. The van der Waals surface area contributed by atoms with E-state index in [9.17, 15) is 26.8 Å². The van der Waals surface area contributed by atoms with Gasteiger partial charge in [-0.25, -0.2) is 13.2 Å².